The fraction of sp³-hybridized carbons (Fsp3) is 0.571. The van der Waals surface area contributed by atoms with Gasteiger partial charge in [0.2, 0.25) is 5.88 Å². The molecule has 0 radical (unpaired) electrons. The molecule has 1 aliphatic heterocycles. The van der Waals surface area contributed by atoms with Crippen LogP contribution in [0, 0.1) is 12.7 Å². The van der Waals surface area contributed by atoms with E-state index in [0.717, 1.165) is 0 Å². The van der Waals surface area contributed by atoms with Gasteiger partial charge in [0.25, 0.3) is 0 Å². The van der Waals surface area contributed by atoms with Gasteiger partial charge in [-0.05, 0) is 38.5 Å². The van der Waals surface area contributed by atoms with Crippen LogP contribution < -0.4 is 9.47 Å². The lowest BCUT2D eigenvalue weighted by Gasteiger charge is -2.43. The van der Waals surface area contributed by atoms with E-state index in [2.05, 4.69) is 5.10 Å². The Balaban J connectivity index is 1.99. The van der Waals surface area contributed by atoms with Crippen LogP contribution in [-0.2, 0) is 11.2 Å². The molecule has 0 bridgehead atoms. The molecule has 0 aliphatic carbocycles. The van der Waals surface area contributed by atoms with Crippen LogP contribution >= 0.6 is 0 Å². The third-order valence-electron chi connectivity index (χ3n) is 5.49. The van der Waals surface area contributed by atoms with Crippen LogP contribution in [-0.4, -0.2) is 79.4 Å². The van der Waals surface area contributed by atoms with Crippen molar-refractivity contribution in [3.05, 3.63) is 40.8 Å². The minimum Gasteiger partial charge on any atom is -0.494 e. The van der Waals surface area contributed by atoms with Gasteiger partial charge in [0, 0.05) is 23.7 Å². The van der Waals surface area contributed by atoms with Crippen LogP contribution in [0.4, 0.5) is 4.39 Å². The molecule has 3 rings (SSSR count). The summed E-state index contributed by atoms with van der Waals surface area (Å²) in [7, 11) is 1.36. The summed E-state index contributed by atoms with van der Waals surface area (Å²) in [6.45, 7) is 4.78. The van der Waals surface area contributed by atoms with E-state index in [9.17, 15) is 29.9 Å². The zero-order valence-corrected chi connectivity index (χ0v) is 18.3. The van der Waals surface area contributed by atoms with E-state index in [0.29, 0.717) is 16.8 Å². The largest absolute Gasteiger partial charge is 0.494 e. The first kappa shape index (κ1) is 24.4. The second-order valence-electron chi connectivity index (χ2n) is 8.05. The molecule has 0 saturated carbocycles. The number of methoxy groups -OCH3 is 1. The van der Waals surface area contributed by atoms with Gasteiger partial charge in [-0.1, -0.05) is 6.07 Å². The lowest BCUT2D eigenvalue weighted by molar-refractivity contribution is -0.423. The summed E-state index contributed by atoms with van der Waals surface area (Å²) in [6.07, 6.45) is -6.80. The van der Waals surface area contributed by atoms with E-state index in [-0.39, 0.29) is 24.1 Å². The highest BCUT2D eigenvalue weighted by Crippen LogP contribution is 2.34. The number of hydrogen-bond donors (Lipinski definition) is 5. The van der Waals surface area contributed by atoms with Crippen LogP contribution in [0.3, 0.4) is 0 Å². The zero-order valence-electron chi connectivity index (χ0n) is 18.3. The molecule has 1 saturated heterocycles. The first-order valence-electron chi connectivity index (χ1n) is 10.2. The fourth-order valence-electron chi connectivity index (χ4n) is 3.69. The van der Waals surface area contributed by atoms with Gasteiger partial charge in [0.1, 0.15) is 18.3 Å². The highest BCUT2D eigenvalue weighted by Gasteiger charge is 2.55. The number of aliphatic hydroxyl groups excluding tert-OH is 4. The van der Waals surface area contributed by atoms with E-state index in [1.165, 1.54) is 19.2 Å². The minimum atomic E-state index is -2.80. The number of aliphatic hydroxyl groups is 5. The van der Waals surface area contributed by atoms with Crippen LogP contribution in [0.1, 0.15) is 36.7 Å². The van der Waals surface area contributed by atoms with Gasteiger partial charge in [0.15, 0.2) is 17.7 Å². The summed E-state index contributed by atoms with van der Waals surface area (Å²) < 4.78 is 31.5. The third-order valence-corrected chi connectivity index (χ3v) is 5.49. The van der Waals surface area contributed by atoms with Crippen LogP contribution in [0.15, 0.2) is 18.2 Å². The number of aromatic nitrogens is 2. The van der Waals surface area contributed by atoms with Gasteiger partial charge in [-0.25, -0.2) is 4.39 Å². The lowest BCUT2D eigenvalue weighted by atomic mass is 9.98. The van der Waals surface area contributed by atoms with Crippen molar-refractivity contribution in [2.75, 3.05) is 13.7 Å². The number of benzene rings is 1. The number of halogens is 1. The van der Waals surface area contributed by atoms with Gasteiger partial charge in [0.05, 0.1) is 13.7 Å². The van der Waals surface area contributed by atoms with Crippen LogP contribution in [0.2, 0.25) is 0 Å². The second-order valence-corrected chi connectivity index (χ2v) is 8.05. The Hall–Kier alpha value is -2.28. The zero-order chi connectivity index (χ0) is 23.8. The number of ether oxygens (including phenoxy) is 3. The fourth-order valence-corrected chi connectivity index (χ4v) is 3.69. The van der Waals surface area contributed by atoms with Crippen molar-refractivity contribution in [3.8, 4) is 11.6 Å². The molecule has 178 valence electrons. The van der Waals surface area contributed by atoms with Crippen molar-refractivity contribution in [1.29, 1.82) is 0 Å². The molecular weight excluding hydrogens is 427 g/mol. The second kappa shape index (κ2) is 9.30. The number of hydrogen-bond acceptors (Lipinski definition) is 9. The molecule has 32 heavy (non-hydrogen) atoms. The molecule has 1 aliphatic rings. The molecule has 2 aromatic rings. The molecule has 1 aromatic heterocycles. The van der Waals surface area contributed by atoms with Gasteiger partial charge in [-0.2, -0.15) is 0 Å². The average Bonchev–Trinajstić information content (AvgIpc) is 3.05. The lowest BCUT2D eigenvalue weighted by Crippen LogP contribution is -2.67. The smallest absolute Gasteiger partial charge is 0.356 e. The molecule has 5 N–H and O–H groups in total. The monoisotopic (exact) mass is 456 g/mol. The normalized spacial score (nSPS) is 28.2. The van der Waals surface area contributed by atoms with Gasteiger partial charge >= 0.3 is 5.97 Å². The van der Waals surface area contributed by atoms with E-state index in [1.54, 1.807) is 17.7 Å². The maximum absolute atomic E-state index is 14.2. The predicted octanol–water partition coefficient (Wildman–Crippen LogP) is 0.00962. The van der Waals surface area contributed by atoms with Crippen molar-refractivity contribution in [2.45, 2.75) is 63.6 Å². The Morgan fingerprint density at radius 3 is 2.50 bits per heavy atom. The van der Waals surface area contributed by atoms with Crippen molar-refractivity contribution < 1.29 is 44.1 Å². The molecule has 1 aromatic carbocycles. The summed E-state index contributed by atoms with van der Waals surface area (Å²) in [5.74, 6) is -3.37. The molecule has 0 spiro atoms. The number of rotatable bonds is 7. The Morgan fingerprint density at radius 1 is 1.25 bits per heavy atom. The van der Waals surface area contributed by atoms with Crippen molar-refractivity contribution in [2.24, 2.45) is 0 Å². The standard InChI is InChI=1S/C21H29FN2O8/c1-10(2)24-11(3)13(7-12-5-6-15(30-4)14(22)8-12)20(23-24)32-21(29)19(28)18(27)17(26)16(9-25)31-21/h5-6,8,10,16-19,25-29H,7,9H2,1-4H3/t16-,17-,18+,19-,21+/m1/s1. The van der Waals surface area contributed by atoms with Crippen LogP contribution in [0.5, 0.6) is 11.6 Å². The van der Waals surface area contributed by atoms with Gasteiger partial charge in [-0.3, -0.25) is 4.68 Å². The summed E-state index contributed by atoms with van der Waals surface area (Å²) >= 11 is 0. The molecule has 0 amide bonds. The molecule has 2 heterocycles. The molecular formula is C21H29FN2O8. The highest BCUT2D eigenvalue weighted by molar-refractivity contribution is 5.39. The maximum atomic E-state index is 14.2. The third kappa shape index (κ3) is 4.45. The Kier molecular flexibility index (Phi) is 7.08. The Labute approximate surface area is 184 Å². The summed E-state index contributed by atoms with van der Waals surface area (Å²) in [5, 5.41) is 54.9. The molecule has 0 unspecified atom stereocenters. The SMILES string of the molecule is COc1ccc(Cc2c(O[C@@]3(O)O[C@H](CO)[C@@H](O)[C@H](O)[C@H]3O)nn(C(C)C)c2C)cc1F. The van der Waals surface area contributed by atoms with E-state index in [4.69, 9.17) is 14.2 Å². The van der Waals surface area contributed by atoms with Crippen molar-refractivity contribution in [1.82, 2.24) is 9.78 Å². The molecule has 10 nitrogen and oxygen atoms in total. The van der Waals surface area contributed by atoms with E-state index < -0.39 is 42.8 Å². The topological polar surface area (TPSA) is 147 Å². The number of nitrogens with zero attached hydrogens (tertiary/aromatic N) is 2. The Morgan fingerprint density at radius 2 is 1.94 bits per heavy atom. The van der Waals surface area contributed by atoms with E-state index in [1.807, 2.05) is 13.8 Å². The Bertz CT molecular complexity index is 950. The summed E-state index contributed by atoms with van der Waals surface area (Å²) in [4.78, 5) is 0. The summed E-state index contributed by atoms with van der Waals surface area (Å²) in [5.41, 5.74) is 1.72. The maximum Gasteiger partial charge on any atom is 0.356 e. The predicted molar refractivity (Wildman–Crippen MR) is 109 cm³/mol. The first-order valence-corrected chi connectivity index (χ1v) is 10.2. The summed E-state index contributed by atoms with van der Waals surface area (Å²) in [6, 6.07) is 4.36. The minimum absolute atomic E-state index is 0.0930. The van der Waals surface area contributed by atoms with Gasteiger partial charge < -0.3 is 39.7 Å². The first-order chi connectivity index (χ1) is 15.0. The molecule has 1 fully saturated rings. The molecule has 5 atom stereocenters. The van der Waals surface area contributed by atoms with Gasteiger partial charge in [-0.15, -0.1) is 5.10 Å². The van der Waals surface area contributed by atoms with Crippen molar-refractivity contribution >= 4 is 0 Å². The quantitative estimate of drug-likeness (QED) is 0.364. The molecule has 11 heteroatoms. The average molecular weight is 456 g/mol. The van der Waals surface area contributed by atoms with Crippen molar-refractivity contribution in [3.63, 3.8) is 0 Å². The van der Waals surface area contributed by atoms with E-state index >= 15 is 0 Å². The highest BCUT2D eigenvalue weighted by atomic mass is 19.1. The van der Waals surface area contributed by atoms with Crippen LogP contribution in [0.25, 0.3) is 0 Å².